The predicted octanol–water partition coefficient (Wildman–Crippen LogP) is 4.71. The minimum absolute atomic E-state index is 0.243. The van der Waals surface area contributed by atoms with Crippen molar-refractivity contribution >= 4 is 0 Å². The molecule has 2 aromatic rings. The first kappa shape index (κ1) is 15.1. The van der Waals surface area contributed by atoms with E-state index in [1.54, 1.807) is 6.07 Å². The number of hydrogen-bond donors (Lipinski definition) is 0. The van der Waals surface area contributed by atoms with Crippen LogP contribution in [0.3, 0.4) is 0 Å². The topological polar surface area (TPSA) is 33.0 Å². The van der Waals surface area contributed by atoms with E-state index >= 15 is 0 Å². The number of hydrogen-bond acceptors (Lipinski definition) is 2. The number of halogens is 1. The number of aryl methyl sites for hydroxylation is 1. The maximum Gasteiger partial charge on any atom is 0.124 e. The Hall–Kier alpha value is -2.34. The molecule has 0 spiro atoms. The molecule has 0 unspecified atom stereocenters. The summed E-state index contributed by atoms with van der Waals surface area (Å²) in [6.07, 6.45) is 0. The number of rotatable bonds is 4. The van der Waals surface area contributed by atoms with Crippen molar-refractivity contribution in [3.63, 3.8) is 0 Å². The predicted molar refractivity (Wildman–Crippen MR) is 80.7 cm³/mol. The van der Waals surface area contributed by atoms with Crippen molar-refractivity contribution in [3.8, 4) is 11.8 Å². The fourth-order valence-electron chi connectivity index (χ4n) is 2.35. The van der Waals surface area contributed by atoms with E-state index in [0.29, 0.717) is 17.0 Å². The number of ether oxygens (including phenoxy) is 1. The highest BCUT2D eigenvalue weighted by Gasteiger charge is 2.06. The first-order chi connectivity index (χ1) is 9.99. The zero-order valence-corrected chi connectivity index (χ0v) is 12.5. The highest BCUT2D eigenvalue weighted by atomic mass is 19.1. The molecule has 0 aliphatic rings. The van der Waals surface area contributed by atoms with Crippen LogP contribution in [0.25, 0.3) is 0 Å². The molecule has 0 saturated carbocycles. The summed E-state index contributed by atoms with van der Waals surface area (Å²) in [5, 5.41) is 8.83. The Morgan fingerprint density at radius 2 is 1.95 bits per heavy atom. The minimum Gasteiger partial charge on any atom is -0.489 e. The average Bonchev–Trinajstić information content (AvgIpc) is 2.44. The smallest absolute Gasteiger partial charge is 0.124 e. The van der Waals surface area contributed by atoms with E-state index in [2.05, 4.69) is 26.8 Å². The van der Waals surface area contributed by atoms with Crippen molar-refractivity contribution in [1.29, 1.82) is 5.26 Å². The van der Waals surface area contributed by atoms with Crippen LogP contribution in [0.15, 0.2) is 36.4 Å². The van der Waals surface area contributed by atoms with Crippen molar-refractivity contribution in [2.75, 3.05) is 0 Å². The van der Waals surface area contributed by atoms with Gasteiger partial charge in [-0.2, -0.15) is 5.26 Å². The second-order valence-electron chi connectivity index (χ2n) is 5.42. The van der Waals surface area contributed by atoms with Crippen LogP contribution >= 0.6 is 0 Å². The fraction of sp³-hybridized carbons (Fsp3) is 0.278. The Bertz CT molecular complexity index is 686. The zero-order valence-electron chi connectivity index (χ0n) is 12.5. The molecule has 0 heterocycles. The minimum atomic E-state index is -0.418. The van der Waals surface area contributed by atoms with Crippen LogP contribution in [0.1, 0.15) is 42.0 Å². The molecule has 108 valence electrons. The normalized spacial score (nSPS) is 10.5. The summed E-state index contributed by atoms with van der Waals surface area (Å²) < 4.78 is 19.0. The van der Waals surface area contributed by atoms with Gasteiger partial charge in [0, 0.05) is 0 Å². The molecule has 0 amide bonds. The van der Waals surface area contributed by atoms with Crippen molar-refractivity contribution in [1.82, 2.24) is 0 Å². The van der Waals surface area contributed by atoms with Gasteiger partial charge in [0.1, 0.15) is 18.2 Å². The van der Waals surface area contributed by atoms with E-state index in [4.69, 9.17) is 10.00 Å². The lowest BCUT2D eigenvalue weighted by Gasteiger charge is -2.12. The maximum absolute atomic E-state index is 13.3. The van der Waals surface area contributed by atoms with E-state index < -0.39 is 5.82 Å². The van der Waals surface area contributed by atoms with Gasteiger partial charge in [-0.25, -0.2) is 4.39 Å². The molecule has 0 radical (unpaired) electrons. The molecule has 0 bridgehead atoms. The van der Waals surface area contributed by atoms with E-state index in [9.17, 15) is 4.39 Å². The summed E-state index contributed by atoms with van der Waals surface area (Å²) in [4.78, 5) is 0. The molecule has 0 aliphatic heterocycles. The molecule has 0 atom stereocenters. The monoisotopic (exact) mass is 283 g/mol. The van der Waals surface area contributed by atoms with Crippen LogP contribution in [0.5, 0.6) is 5.75 Å². The van der Waals surface area contributed by atoms with Gasteiger partial charge >= 0.3 is 0 Å². The van der Waals surface area contributed by atoms with Gasteiger partial charge in [-0.1, -0.05) is 19.9 Å². The molecule has 21 heavy (non-hydrogen) atoms. The van der Waals surface area contributed by atoms with Gasteiger partial charge in [-0.05, 0) is 59.9 Å². The SMILES string of the molecule is Cc1cc(OCc2cc(F)cc(C#N)c2)ccc1C(C)C. The Morgan fingerprint density at radius 3 is 2.57 bits per heavy atom. The molecule has 0 N–H and O–H groups in total. The maximum atomic E-state index is 13.3. The quantitative estimate of drug-likeness (QED) is 0.814. The van der Waals surface area contributed by atoms with Gasteiger partial charge < -0.3 is 4.74 Å². The first-order valence-corrected chi connectivity index (χ1v) is 6.92. The molecule has 0 aromatic heterocycles. The standard InChI is InChI=1S/C18H18FNO/c1-12(2)18-5-4-17(6-13(18)3)21-11-15-7-14(10-20)8-16(19)9-15/h4-9,12H,11H2,1-3H3. The average molecular weight is 283 g/mol. The van der Waals surface area contributed by atoms with Crippen LogP contribution in [-0.2, 0) is 6.61 Å². The van der Waals surface area contributed by atoms with Gasteiger partial charge in [-0.15, -0.1) is 0 Å². The van der Waals surface area contributed by atoms with E-state index in [0.717, 1.165) is 5.75 Å². The molecule has 3 heteroatoms. The Morgan fingerprint density at radius 1 is 1.19 bits per heavy atom. The molecule has 2 nitrogen and oxygen atoms in total. The third-order valence-corrected chi connectivity index (χ3v) is 3.36. The van der Waals surface area contributed by atoms with E-state index in [1.807, 2.05) is 18.2 Å². The van der Waals surface area contributed by atoms with E-state index in [1.165, 1.54) is 23.3 Å². The van der Waals surface area contributed by atoms with Gasteiger partial charge in [0.05, 0.1) is 11.6 Å². The number of nitrogens with zero attached hydrogens (tertiary/aromatic N) is 1. The summed E-state index contributed by atoms with van der Waals surface area (Å²) in [7, 11) is 0. The third kappa shape index (κ3) is 3.82. The molecule has 2 aromatic carbocycles. The molecule has 0 saturated heterocycles. The van der Waals surface area contributed by atoms with Crippen LogP contribution in [-0.4, -0.2) is 0 Å². The van der Waals surface area contributed by atoms with Crippen molar-refractivity contribution in [2.24, 2.45) is 0 Å². The largest absolute Gasteiger partial charge is 0.489 e. The van der Waals surface area contributed by atoms with Crippen LogP contribution in [0.4, 0.5) is 4.39 Å². The Kier molecular flexibility index (Phi) is 4.59. The lowest BCUT2D eigenvalue weighted by atomic mass is 9.98. The summed E-state index contributed by atoms with van der Waals surface area (Å²) >= 11 is 0. The third-order valence-electron chi connectivity index (χ3n) is 3.36. The molecular weight excluding hydrogens is 265 g/mol. The second-order valence-corrected chi connectivity index (χ2v) is 5.42. The van der Waals surface area contributed by atoms with Gasteiger partial charge in [-0.3, -0.25) is 0 Å². The van der Waals surface area contributed by atoms with Crippen molar-refractivity contribution in [2.45, 2.75) is 33.3 Å². The highest BCUT2D eigenvalue weighted by molar-refractivity contribution is 5.37. The lowest BCUT2D eigenvalue weighted by Crippen LogP contribution is -1.99. The Balaban J connectivity index is 2.12. The van der Waals surface area contributed by atoms with E-state index in [-0.39, 0.29) is 6.61 Å². The van der Waals surface area contributed by atoms with Gasteiger partial charge in [0.15, 0.2) is 0 Å². The van der Waals surface area contributed by atoms with Gasteiger partial charge in [0.25, 0.3) is 0 Å². The number of nitriles is 1. The second kappa shape index (κ2) is 6.41. The first-order valence-electron chi connectivity index (χ1n) is 6.92. The molecular formula is C18H18FNO. The summed E-state index contributed by atoms with van der Waals surface area (Å²) in [6, 6.07) is 12.1. The zero-order chi connectivity index (χ0) is 15.4. The number of benzene rings is 2. The van der Waals surface area contributed by atoms with Crippen LogP contribution in [0, 0.1) is 24.1 Å². The van der Waals surface area contributed by atoms with Gasteiger partial charge in [0.2, 0.25) is 0 Å². The lowest BCUT2D eigenvalue weighted by molar-refractivity contribution is 0.305. The molecule has 0 aliphatic carbocycles. The highest BCUT2D eigenvalue weighted by Crippen LogP contribution is 2.24. The summed E-state index contributed by atoms with van der Waals surface area (Å²) in [5.41, 5.74) is 3.43. The fourth-order valence-corrected chi connectivity index (χ4v) is 2.35. The van der Waals surface area contributed by atoms with Crippen molar-refractivity contribution in [3.05, 3.63) is 64.5 Å². The van der Waals surface area contributed by atoms with Crippen molar-refractivity contribution < 1.29 is 9.13 Å². The molecule has 2 rings (SSSR count). The van der Waals surface area contributed by atoms with Crippen LogP contribution < -0.4 is 4.74 Å². The Labute approximate surface area is 124 Å². The summed E-state index contributed by atoms with van der Waals surface area (Å²) in [6.45, 7) is 6.60. The summed E-state index contributed by atoms with van der Waals surface area (Å²) in [5.74, 6) is 0.805. The molecule has 0 fully saturated rings. The van der Waals surface area contributed by atoms with Crippen LogP contribution in [0.2, 0.25) is 0 Å².